The molecule has 18 heavy (non-hydrogen) atoms. The highest BCUT2D eigenvalue weighted by atomic mass is 19.4. The Labute approximate surface area is 99.0 Å². The van der Waals surface area contributed by atoms with Gasteiger partial charge < -0.3 is 15.1 Å². The number of fused-ring (bicyclic) bond motifs is 1. The van der Waals surface area contributed by atoms with Crippen LogP contribution < -0.4 is 16.4 Å². The number of nitrogens with zero attached hydrogens (tertiary/aromatic N) is 1. The van der Waals surface area contributed by atoms with Crippen LogP contribution in [-0.2, 0) is 0 Å². The summed E-state index contributed by atoms with van der Waals surface area (Å²) < 4.78 is 41.6. The molecule has 0 saturated heterocycles. The third-order valence-corrected chi connectivity index (χ3v) is 2.40. The van der Waals surface area contributed by atoms with E-state index < -0.39 is 18.5 Å². The summed E-state index contributed by atoms with van der Waals surface area (Å²) in [5.74, 6) is -0.681. The number of benzene rings is 1. The Hall–Kier alpha value is -2.12. The maximum atomic E-state index is 12.3. The molecule has 0 unspecified atom stereocenters. The van der Waals surface area contributed by atoms with Crippen molar-refractivity contribution in [2.75, 3.05) is 24.2 Å². The van der Waals surface area contributed by atoms with Gasteiger partial charge in [0.2, 0.25) is 0 Å². The van der Waals surface area contributed by atoms with Crippen LogP contribution in [0.1, 0.15) is 0 Å². The molecule has 0 atom stereocenters. The first kappa shape index (κ1) is 12.3. The smallest absolute Gasteiger partial charge is 0.408 e. The minimum absolute atomic E-state index is 0.108. The summed E-state index contributed by atoms with van der Waals surface area (Å²) in [4.78, 5) is 14.3. The van der Waals surface area contributed by atoms with Crippen molar-refractivity contribution in [1.29, 1.82) is 0 Å². The Morgan fingerprint density at radius 3 is 2.72 bits per heavy atom. The van der Waals surface area contributed by atoms with Gasteiger partial charge in [-0.05, 0) is 6.07 Å². The second kappa shape index (κ2) is 3.97. The molecule has 5 nitrogen and oxygen atoms in total. The van der Waals surface area contributed by atoms with E-state index in [4.69, 9.17) is 10.2 Å². The van der Waals surface area contributed by atoms with Crippen LogP contribution in [-0.4, -0.2) is 24.8 Å². The number of rotatable bonds is 2. The van der Waals surface area contributed by atoms with Crippen molar-refractivity contribution >= 4 is 22.5 Å². The lowest BCUT2D eigenvalue weighted by Gasteiger charge is -2.22. The molecule has 8 heteroatoms. The highest BCUT2D eigenvalue weighted by Gasteiger charge is 2.30. The van der Waals surface area contributed by atoms with Crippen molar-refractivity contribution in [3.05, 3.63) is 22.7 Å². The first-order valence-electron chi connectivity index (χ1n) is 4.96. The molecule has 0 aliphatic heterocycles. The molecule has 1 aromatic heterocycles. The predicted molar refractivity (Wildman–Crippen MR) is 60.6 cm³/mol. The Kier molecular flexibility index (Phi) is 2.72. The van der Waals surface area contributed by atoms with Gasteiger partial charge in [0.15, 0.2) is 5.58 Å². The topological polar surface area (TPSA) is 75.3 Å². The second-order valence-corrected chi connectivity index (χ2v) is 3.89. The highest BCUT2D eigenvalue weighted by molar-refractivity contribution is 5.85. The summed E-state index contributed by atoms with van der Waals surface area (Å²) >= 11 is 0. The molecule has 1 aromatic carbocycles. The summed E-state index contributed by atoms with van der Waals surface area (Å²) in [7, 11) is 1.27. The number of hydrogen-bond donors (Lipinski definition) is 2. The van der Waals surface area contributed by atoms with E-state index in [1.807, 2.05) is 0 Å². The first-order valence-corrected chi connectivity index (χ1v) is 4.96. The molecule has 0 fully saturated rings. The predicted octanol–water partition coefficient (Wildman–Crippen LogP) is 1.70. The number of hydrogen-bond acceptors (Lipinski definition) is 4. The molecule has 2 rings (SSSR count). The van der Waals surface area contributed by atoms with Crippen LogP contribution in [0.4, 0.5) is 24.5 Å². The number of H-pyrrole nitrogens is 1. The maximum absolute atomic E-state index is 12.3. The van der Waals surface area contributed by atoms with E-state index in [0.717, 1.165) is 4.90 Å². The number of nitrogens with two attached hydrogens (primary N) is 1. The standard InChI is InChI=1S/C10H10F3N3O2/c1-16(4-10(11,12)13)7-3-6-8(2-5(7)14)18-9(17)15-6/h2-3H,4,14H2,1H3,(H,15,17). The van der Waals surface area contributed by atoms with E-state index in [1.54, 1.807) is 0 Å². The zero-order valence-corrected chi connectivity index (χ0v) is 9.34. The van der Waals surface area contributed by atoms with Gasteiger partial charge in [0.05, 0.1) is 16.9 Å². The number of nitrogen functional groups attached to an aromatic ring is 1. The molecule has 0 radical (unpaired) electrons. The van der Waals surface area contributed by atoms with Gasteiger partial charge in [0, 0.05) is 13.1 Å². The number of halogens is 3. The molecule has 0 aliphatic rings. The number of aromatic nitrogens is 1. The van der Waals surface area contributed by atoms with Gasteiger partial charge in [-0.15, -0.1) is 0 Å². The summed E-state index contributed by atoms with van der Waals surface area (Å²) in [6.45, 7) is -1.13. The lowest BCUT2D eigenvalue weighted by molar-refractivity contribution is -0.119. The van der Waals surface area contributed by atoms with E-state index in [9.17, 15) is 18.0 Å². The van der Waals surface area contributed by atoms with Gasteiger partial charge in [-0.25, -0.2) is 4.79 Å². The molecule has 0 bridgehead atoms. The van der Waals surface area contributed by atoms with Crippen molar-refractivity contribution in [2.24, 2.45) is 0 Å². The van der Waals surface area contributed by atoms with Crippen LogP contribution >= 0.6 is 0 Å². The number of oxazole rings is 1. The largest absolute Gasteiger partial charge is 0.417 e. The average Bonchev–Trinajstić information content (AvgIpc) is 2.53. The third-order valence-electron chi connectivity index (χ3n) is 2.40. The Morgan fingerprint density at radius 1 is 1.44 bits per heavy atom. The first-order chi connectivity index (χ1) is 8.26. The van der Waals surface area contributed by atoms with Crippen LogP contribution in [0.2, 0.25) is 0 Å². The van der Waals surface area contributed by atoms with Gasteiger partial charge in [-0.1, -0.05) is 0 Å². The zero-order valence-electron chi connectivity index (χ0n) is 9.34. The molecule has 0 spiro atoms. The molecule has 0 amide bonds. The Balaban J connectivity index is 2.44. The summed E-state index contributed by atoms with van der Waals surface area (Å²) in [6.07, 6.45) is -4.33. The van der Waals surface area contributed by atoms with Crippen molar-refractivity contribution in [3.8, 4) is 0 Å². The molecule has 3 N–H and O–H groups in total. The van der Waals surface area contributed by atoms with Gasteiger partial charge in [-0.2, -0.15) is 13.2 Å². The van der Waals surface area contributed by atoms with Crippen LogP contribution in [0.3, 0.4) is 0 Å². The van der Waals surface area contributed by atoms with Crippen LogP contribution in [0.5, 0.6) is 0 Å². The SMILES string of the molecule is CN(CC(F)(F)F)c1cc2[nH]c(=O)oc2cc1N. The monoisotopic (exact) mass is 261 g/mol. The lowest BCUT2D eigenvalue weighted by Crippen LogP contribution is -2.31. The van der Waals surface area contributed by atoms with E-state index in [0.29, 0.717) is 5.52 Å². The quantitative estimate of drug-likeness (QED) is 0.807. The minimum atomic E-state index is -4.33. The van der Waals surface area contributed by atoms with E-state index in [2.05, 4.69) is 4.98 Å². The number of nitrogens with one attached hydrogen (secondary N) is 1. The third kappa shape index (κ3) is 2.41. The van der Waals surface area contributed by atoms with E-state index in [1.165, 1.54) is 19.2 Å². The average molecular weight is 261 g/mol. The van der Waals surface area contributed by atoms with Crippen molar-refractivity contribution in [2.45, 2.75) is 6.18 Å². The summed E-state index contributed by atoms with van der Waals surface area (Å²) in [5, 5.41) is 0. The van der Waals surface area contributed by atoms with Gasteiger partial charge in [0.1, 0.15) is 6.54 Å². The molecule has 1 heterocycles. The zero-order chi connectivity index (χ0) is 13.5. The van der Waals surface area contributed by atoms with Crippen LogP contribution in [0.15, 0.2) is 21.3 Å². The number of aromatic amines is 1. The van der Waals surface area contributed by atoms with Crippen LogP contribution in [0.25, 0.3) is 11.1 Å². The fourth-order valence-corrected chi connectivity index (χ4v) is 1.69. The van der Waals surface area contributed by atoms with Crippen molar-refractivity contribution in [3.63, 3.8) is 0 Å². The Morgan fingerprint density at radius 2 is 2.11 bits per heavy atom. The fourth-order valence-electron chi connectivity index (χ4n) is 1.69. The van der Waals surface area contributed by atoms with E-state index in [-0.39, 0.29) is 17.0 Å². The molecule has 2 aromatic rings. The highest BCUT2D eigenvalue weighted by Crippen LogP contribution is 2.29. The molecular formula is C10H10F3N3O2. The Bertz CT molecular complexity index is 629. The number of alkyl halides is 3. The van der Waals surface area contributed by atoms with Crippen molar-refractivity contribution < 1.29 is 17.6 Å². The molecule has 0 aliphatic carbocycles. The van der Waals surface area contributed by atoms with E-state index >= 15 is 0 Å². The van der Waals surface area contributed by atoms with Crippen molar-refractivity contribution in [1.82, 2.24) is 4.98 Å². The van der Waals surface area contributed by atoms with Gasteiger partial charge >= 0.3 is 11.9 Å². The van der Waals surface area contributed by atoms with Gasteiger partial charge in [-0.3, -0.25) is 4.98 Å². The molecule has 0 saturated carbocycles. The minimum Gasteiger partial charge on any atom is -0.408 e. The summed E-state index contributed by atoms with van der Waals surface area (Å²) in [6, 6.07) is 2.66. The second-order valence-electron chi connectivity index (χ2n) is 3.89. The number of anilines is 2. The van der Waals surface area contributed by atoms with Crippen LogP contribution in [0, 0.1) is 0 Å². The normalized spacial score (nSPS) is 12.0. The fraction of sp³-hybridized carbons (Fsp3) is 0.300. The molecule has 98 valence electrons. The summed E-state index contributed by atoms with van der Waals surface area (Å²) in [5.41, 5.74) is 6.43. The lowest BCUT2D eigenvalue weighted by atomic mass is 10.2. The van der Waals surface area contributed by atoms with Gasteiger partial charge in [0.25, 0.3) is 0 Å². The maximum Gasteiger partial charge on any atom is 0.417 e. The molecular weight excluding hydrogens is 251 g/mol.